The van der Waals surface area contributed by atoms with Gasteiger partial charge in [0, 0.05) is 24.3 Å². The van der Waals surface area contributed by atoms with Gasteiger partial charge in [-0.1, -0.05) is 18.2 Å². The number of benzene rings is 1. The van der Waals surface area contributed by atoms with E-state index in [0.29, 0.717) is 24.2 Å². The van der Waals surface area contributed by atoms with E-state index < -0.39 is 0 Å². The lowest BCUT2D eigenvalue weighted by Crippen LogP contribution is -2.26. The Morgan fingerprint density at radius 2 is 2.25 bits per heavy atom. The summed E-state index contributed by atoms with van der Waals surface area (Å²) in [4.78, 5) is 16.9. The van der Waals surface area contributed by atoms with Crippen LogP contribution in [0.25, 0.3) is 4.96 Å². The molecule has 0 aliphatic carbocycles. The van der Waals surface area contributed by atoms with E-state index in [0.717, 1.165) is 4.96 Å². The molecule has 102 valence electrons. The monoisotopic (exact) mass is 289 g/mol. The molecule has 4 nitrogen and oxygen atoms in total. The van der Waals surface area contributed by atoms with Gasteiger partial charge in [0.25, 0.3) is 5.91 Å². The molecule has 0 unspecified atom stereocenters. The van der Waals surface area contributed by atoms with Gasteiger partial charge in [-0.15, -0.1) is 11.3 Å². The van der Waals surface area contributed by atoms with E-state index in [9.17, 15) is 9.18 Å². The lowest BCUT2D eigenvalue weighted by molar-refractivity contribution is 0.0948. The van der Waals surface area contributed by atoms with Gasteiger partial charge in [0.1, 0.15) is 11.5 Å². The van der Waals surface area contributed by atoms with Crippen molar-refractivity contribution in [3.05, 3.63) is 59.1 Å². The Kier molecular flexibility index (Phi) is 3.47. The molecule has 3 aromatic rings. The van der Waals surface area contributed by atoms with Crippen LogP contribution >= 0.6 is 11.3 Å². The highest BCUT2D eigenvalue weighted by Crippen LogP contribution is 2.14. The minimum absolute atomic E-state index is 0.175. The number of carbonyl (C=O) groups is 1. The molecule has 20 heavy (non-hydrogen) atoms. The van der Waals surface area contributed by atoms with Gasteiger partial charge in [0.05, 0.1) is 0 Å². The quantitative estimate of drug-likeness (QED) is 0.802. The smallest absolute Gasteiger partial charge is 0.269 e. The Morgan fingerprint density at radius 3 is 3.10 bits per heavy atom. The molecule has 2 heterocycles. The van der Waals surface area contributed by atoms with Gasteiger partial charge in [0.2, 0.25) is 0 Å². The third kappa shape index (κ3) is 2.42. The maximum atomic E-state index is 13.4. The maximum absolute atomic E-state index is 13.4. The molecule has 0 atom stereocenters. The van der Waals surface area contributed by atoms with Crippen molar-refractivity contribution in [2.24, 2.45) is 0 Å². The average molecular weight is 289 g/mol. The summed E-state index contributed by atoms with van der Waals surface area (Å²) < 4.78 is 15.2. The Bertz CT molecular complexity index is 750. The molecule has 0 bridgehead atoms. The fourth-order valence-electron chi connectivity index (χ4n) is 1.99. The van der Waals surface area contributed by atoms with Gasteiger partial charge >= 0.3 is 0 Å². The van der Waals surface area contributed by atoms with Crippen molar-refractivity contribution in [1.29, 1.82) is 0 Å². The molecule has 0 saturated heterocycles. The lowest BCUT2D eigenvalue weighted by Gasteiger charge is -2.05. The van der Waals surface area contributed by atoms with Crippen molar-refractivity contribution < 1.29 is 9.18 Å². The molecule has 3 rings (SSSR count). The van der Waals surface area contributed by atoms with Gasteiger partial charge in [-0.3, -0.25) is 9.20 Å². The Balaban J connectivity index is 1.63. The van der Waals surface area contributed by atoms with Crippen molar-refractivity contribution in [1.82, 2.24) is 14.7 Å². The SMILES string of the molecule is O=C(NCCc1ccccc1F)c1csc2nccn12. The summed E-state index contributed by atoms with van der Waals surface area (Å²) >= 11 is 1.41. The first-order valence-electron chi connectivity index (χ1n) is 6.18. The van der Waals surface area contributed by atoms with Crippen molar-refractivity contribution in [3.63, 3.8) is 0 Å². The van der Waals surface area contributed by atoms with Crippen LogP contribution in [-0.2, 0) is 6.42 Å². The first-order valence-corrected chi connectivity index (χ1v) is 7.06. The summed E-state index contributed by atoms with van der Waals surface area (Å²) in [7, 11) is 0. The predicted molar refractivity (Wildman–Crippen MR) is 75.5 cm³/mol. The number of carbonyl (C=O) groups excluding carboxylic acids is 1. The molecular weight excluding hydrogens is 277 g/mol. The van der Waals surface area contributed by atoms with E-state index in [1.807, 2.05) is 0 Å². The predicted octanol–water partition coefficient (Wildman–Crippen LogP) is 2.51. The van der Waals surface area contributed by atoms with Gasteiger partial charge < -0.3 is 5.32 Å². The number of thiazole rings is 1. The number of nitrogens with zero attached hydrogens (tertiary/aromatic N) is 2. The van der Waals surface area contributed by atoms with Crippen LogP contribution in [0.2, 0.25) is 0 Å². The molecule has 0 aliphatic rings. The zero-order chi connectivity index (χ0) is 13.9. The summed E-state index contributed by atoms with van der Waals surface area (Å²) in [5.74, 6) is -0.417. The summed E-state index contributed by atoms with van der Waals surface area (Å²) in [5.41, 5.74) is 1.15. The molecule has 0 radical (unpaired) electrons. The molecule has 0 saturated carbocycles. The third-order valence-electron chi connectivity index (χ3n) is 3.01. The van der Waals surface area contributed by atoms with Crippen LogP contribution in [0.1, 0.15) is 16.1 Å². The minimum Gasteiger partial charge on any atom is -0.350 e. The number of amides is 1. The molecule has 1 aromatic carbocycles. The highest BCUT2D eigenvalue weighted by molar-refractivity contribution is 7.15. The van der Waals surface area contributed by atoms with Crippen molar-refractivity contribution >= 4 is 22.2 Å². The molecule has 0 fully saturated rings. The number of nitrogens with one attached hydrogen (secondary N) is 1. The van der Waals surface area contributed by atoms with E-state index >= 15 is 0 Å². The number of hydrogen-bond donors (Lipinski definition) is 1. The van der Waals surface area contributed by atoms with Crippen molar-refractivity contribution in [2.45, 2.75) is 6.42 Å². The van der Waals surface area contributed by atoms with Gasteiger partial charge in [0.15, 0.2) is 4.96 Å². The van der Waals surface area contributed by atoms with E-state index in [-0.39, 0.29) is 11.7 Å². The van der Waals surface area contributed by atoms with Crippen LogP contribution in [0, 0.1) is 5.82 Å². The first kappa shape index (κ1) is 12.8. The zero-order valence-corrected chi connectivity index (χ0v) is 11.4. The van der Waals surface area contributed by atoms with Crippen molar-refractivity contribution in [3.8, 4) is 0 Å². The van der Waals surface area contributed by atoms with Crippen LogP contribution in [0.3, 0.4) is 0 Å². The van der Waals surface area contributed by atoms with Crippen LogP contribution in [0.15, 0.2) is 42.0 Å². The Morgan fingerprint density at radius 1 is 1.40 bits per heavy atom. The second-order valence-corrected chi connectivity index (χ2v) is 5.13. The van der Waals surface area contributed by atoms with E-state index in [1.165, 1.54) is 17.4 Å². The van der Waals surface area contributed by atoms with Crippen LogP contribution in [0.4, 0.5) is 4.39 Å². The lowest BCUT2D eigenvalue weighted by atomic mass is 10.1. The molecule has 0 aliphatic heterocycles. The second kappa shape index (κ2) is 5.42. The summed E-state index contributed by atoms with van der Waals surface area (Å²) in [6.45, 7) is 0.395. The highest BCUT2D eigenvalue weighted by Gasteiger charge is 2.12. The third-order valence-corrected chi connectivity index (χ3v) is 3.87. The van der Waals surface area contributed by atoms with Gasteiger partial charge in [-0.05, 0) is 18.1 Å². The molecule has 0 spiro atoms. The topological polar surface area (TPSA) is 46.4 Å². The summed E-state index contributed by atoms with van der Waals surface area (Å²) in [6.07, 6.45) is 3.87. The number of imidazole rings is 1. The normalized spacial score (nSPS) is 10.8. The van der Waals surface area contributed by atoms with Gasteiger partial charge in [-0.25, -0.2) is 9.37 Å². The summed E-state index contributed by atoms with van der Waals surface area (Å²) in [5, 5.41) is 4.56. The number of hydrogen-bond acceptors (Lipinski definition) is 3. The summed E-state index contributed by atoms with van der Waals surface area (Å²) in [6, 6.07) is 6.58. The van der Waals surface area contributed by atoms with Crippen LogP contribution in [-0.4, -0.2) is 21.8 Å². The van der Waals surface area contributed by atoms with Crippen LogP contribution < -0.4 is 5.32 Å². The molecule has 6 heteroatoms. The minimum atomic E-state index is -0.241. The highest BCUT2D eigenvalue weighted by atomic mass is 32.1. The molecule has 2 aromatic heterocycles. The zero-order valence-electron chi connectivity index (χ0n) is 10.5. The fourth-order valence-corrected chi connectivity index (χ4v) is 2.82. The second-order valence-electron chi connectivity index (χ2n) is 4.30. The van der Waals surface area contributed by atoms with E-state index in [2.05, 4.69) is 10.3 Å². The Hall–Kier alpha value is -2.21. The molecular formula is C14H12FN3OS. The van der Waals surface area contributed by atoms with E-state index in [1.54, 1.807) is 40.4 Å². The standard InChI is InChI=1S/C14H12FN3OS/c15-11-4-2-1-3-10(11)5-6-16-13(19)12-9-20-14-17-7-8-18(12)14/h1-4,7-9H,5-6H2,(H,16,19). The first-order chi connectivity index (χ1) is 9.75. The van der Waals surface area contributed by atoms with E-state index in [4.69, 9.17) is 0 Å². The Labute approximate surface area is 118 Å². The number of fused-ring (bicyclic) bond motifs is 1. The van der Waals surface area contributed by atoms with Gasteiger partial charge in [-0.2, -0.15) is 0 Å². The number of rotatable bonds is 4. The molecule has 1 N–H and O–H groups in total. The van der Waals surface area contributed by atoms with Crippen molar-refractivity contribution in [2.75, 3.05) is 6.54 Å². The number of halogens is 1. The molecule has 1 amide bonds. The number of aromatic nitrogens is 2. The largest absolute Gasteiger partial charge is 0.350 e. The fraction of sp³-hybridized carbons (Fsp3) is 0.143. The average Bonchev–Trinajstić information content (AvgIpc) is 3.03. The van der Waals surface area contributed by atoms with Crippen LogP contribution in [0.5, 0.6) is 0 Å². The maximum Gasteiger partial charge on any atom is 0.269 e.